The first-order valence-electron chi connectivity index (χ1n) is 3.94. The fourth-order valence-corrected chi connectivity index (χ4v) is 1.11. The lowest BCUT2D eigenvalue weighted by Gasteiger charge is -1.95. The van der Waals surface area contributed by atoms with Gasteiger partial charge in [0.2, 0.25) is 5.95 Å². The van der Waals surface area contributed by atoms with Crippen molar-refractivity contribution in [3.63, 3.8) is 0 Å². The molecule has 0 aromatic carbocycles. The molecule has 0 atom stereocenters. The number of rotatable bonds is 1. The standard InChI is InChI=1S/C8H8N4O2/c1-4-2-5(3-14-4)6-10-7(9)12-8(13)11-6/h2-3H,1H3,(H3,9,10,11,12,13). The highest BCUT2D eigenvalue weighted by Crippen LogP contribution is 2.16. The second kappa shape index (κ2) is 2.99. The Morgan fingerprint density at radius 1 is 1.50 bits per heavy atom. The minimum Gasteiger partial charge on any atom is -0.469 e. The first-order valence-corrected chi connectivity index (χ1v) is 3.94. The summed E-state index contributed by atoms with van der Waals surface area (Å²) in [7, 11) is 0. The maximum absolute atomic E-state index is 11.0. The van der Waals surface area contributed by atoms with Gasteiger partial charge in [0.25, 0.3) is 0 Å². The monoisotopic (exact) mass is 192 g/mol. The Hall–Kier alpha value is -2.11. The first-order chi connectivity index (χ1) is 6.65. The van der Waals surface area contributed by atoms with Crippen molar-refractivity contribution in [1.82, 2.24) is 15.0 Å². The summed E-state index contributed by atoms with van der Waals surface area (Å²) in [4.78, 5) is 20.7. The number of aromatic amines is 1. The highest BCUT2D eigenvalue weighted by Gasteiger charge is 2.05. The molecule has 0 saturated heterocycles. The van der Waals surface area contributed by atoms with Gasteiger partial charge in [-0.05, 0) is 13.0 Å². The third-order valence-corrected chi connectivity index (χ3v) is 1.67. The zero-order chi connectivity index (χ0) is 10.1. The Morgan fingerprint density at radius 2 is 2.29 bits per heavy atom. The molecule has 2 aromatic heterocycles. The summed E-state index contributed by atoms with van der Waals surface area (Å²) >= 11 is 0. The molecule has 0 aliphatic rings. The molecule has 0 bridgehead atoms. The van der Waals surface area contributed by atoms with Crippen molar-refractivity contribution in [3.8, 4) is 11.4 Å². The quantitative estimate of drug-likeness (QED) is 0.677. The molecule has 6 nitrogen and oxygen atoms in total. The van der Waals surface area contributed by atoms with Crippen LogP contribution in [0.5, 0.6) is 0 Å². The average Bonchev–Trinajstić information content (AvgIpc) is 2.50. The number of furan rings is 1. The van der Waals surface area contributed by atoms with Gasteiger partial charge in [0.05, 0.1) is 5.56 Å². The van der Waals surface area contributed by atoms with Crippen LogP contribution in [0.4, 0.5) is 5.95 Å². The van der Waals surface area contributed by atoms with Crippen LogP contribution >= 0.6 is 0 Å². The van der Waals surface area contributed by atoms with Gasteiger partial charge in [0.1, 0.15) is 17.8 Å². The average molecular weight is 192 g/mol. The lowest BCUT2D eigenvalue weighted by atomic mass is 10.3. The number of nitrogens with zero attached hydrogens (tertiary/aromatic N) is 2. The van der Waals surface area contributed by atoms with Gasteiger partial charge < -0.3 is 10.2 Å². The number of anilines is 1. The van der Waals surface area contributed by atoms with Crippen LogP contribution in [0.15, 0.2) is 21.5 Å². The van der Waals surface area contributed by atoms with Crippen LogP contribution in [0, 0.1) is 6.92 Å². The maximum Gasteiger partial charge on any atom is 0.349 e. The summed E-state index contributed by atoms with van der Waals surface area (Å²) in [5.41, 5.74) is 5.48. The fraction of sp³-hybridized carbons (Fsp3) is 0.125. The number of hydrogen-bond acceptors (Lipinski definition) is 5. The summed E-state index contributed by atoms with van der Waals surface area (Å²) in [5, 5.41) is 0. The zero-order valence-electron chi connectivity index (χ0n) is 7.44. The molecule has 2 aromatic rings. The van der Waals surface area contributed by atoms with E-state index in [1.807, 2.05) is 0 Å². The van der Waals surface area contributed by atoms with Crippen LogP contribution in [0.1, 0.15) is 5.76 Å². The lowest BCUT2D eigenvalue weighted by molar-refractivity contribution is 0.534. The summed E-state index contributed by atoms with van der Waals surface area (Å²) in [6.45, 7) is 1.80. The van der Waals surface area contributed by atoms with E-state index < -0.39 is 5.69 Å². The van der Waals surface area contributed by atoms with E-state index in [1.54, 1.807) is 13.0 Å². The Morgan fingerprint density at radius 3 is 2.86 bits per heavy atom. The van der Waals surface area contributed by atoms with E-state index in [9.17, 15) is 4.79 Å². The highest BCUT2D eigenvalue weighted by atomic mass is 16.3. The molecule has 2 heterocycles. The molecular formula is C8H8N4O2. The van der Waals surface area contributed by atoms with Crippen molar-refractivity contribution < 1.29 is 4.42 Å². The van der Waals surface area contributed by atoms with Crippen molar-refractivity contribution >= 4 is 5.95 Å². The number of hydrogen-bond donors (Lipinski definition) is 2. The molecule has 0 spiro atoms. The van der Waals surface area contributed by atoms with Gasteiger partial charge in [-0.25, -0.2) is 4.79 Å². The summed E-state index contributed by atoms with van der Waals surface area (Å²) in [5.74, 6) is 1.04. The number of nitrogens with one attached hydrogen (secondary N) is 1. The van der Waals surface area contributed by atoms with E-state index in [0.29, 0.717) is 11.4 Å². The molecule has 0 aliphatic heterocycles. The highest BCUT2D eigenvalue weighted by molar-refractivity contribution is 5.54. The second-order valence-corrected chi connectivity index (χ2v) is 2.81. The van der Waals surface area contributed by atoms with Crippen molar-refractivity contribution in [1.29, 1.82) is 0 Å². The van der Waals surface area contributed by atoms with Gasteiger partial charge in [-0.1, -0.05) is 0 Å². The predicted molar refractivity (Wildman–Crippen MR) is 49.5 cm³/mol. The van der Waals surface area contributed by atoms with Crippen LogP contribution in [-0.4, -0.2) is 15.0 Å². The third kappa shape index (κ3) is 1.49. The smallest absolute Gasteiger partial charge is 0.349 e. The number of aromatic nitrogens is 3. The fourth-order valence-electron chi connectivity index (χ4n) is 1.11. The molecule has 0 amide bonds. The topological polar surface area (TPSA) is 97.8 Å². The molecule has 6 heteroatoms. The predicted octanol–water partition coefficient (Wildman–Crippen LogP) is 0.316. The van der Waals surface area contributed by atoms with Crippen LogP contribution < -0.4 is 11.4 Å². The third-order valence-electron chi connectivity index (χ3n) is 1.67. The minimum absolute atomic E-state index is 0.0531. The van der Waals surface area contributed by atoms with Gasteiger partial charge in [-0.3, -0.25) is 4.98 Å². The Kier molecular flexibility index (Phi) is 1.81. The maximum atomic E-state index is 11.0. The minimum atomic E-state index is -0.522. The van der Waals surface area contributed by atoms with Gasteiger partial charge >= 0.3 is 5.69 Å². The first kappa shape index (κ1) is 8.49. The van der Waals surface area contributed by atoms with Gasteiger partial charge in [-0.15, -0.1) is 0 Å². The summed E-state index contributed by atoms with van der Waals surface area (Å²) in [6.07, 6.45) is 1.49. The number of nitrogens with two attached hydrogens (primary N) is 1. The number of H-pyrrole nitrogens is 1. The van der Waals surface area contributed by atoms with Crippen molar-refractivity contribution in [2.75, 3.05) is 5.73 Å². The molecule has 0 saturated carbocycles. The Labute approximate surface area is 78.8 Å². The van der Waals surface area contributed by atoms with Gasteiger partial charge in [0.15, 0.2) is 0 Å². The number of aryl methyl sites for hydroxylation is 1. The largest absolute Gasteiger partial charge is 0.469 e. The molecule has 14 heavy (non-hydrogen) atoms. The zero-order valence-corrected chi connectivity index (χ0v) is 7.44. The molecule has 0 aliphatic carbocycles. The van der Waals surface area contributed by atoms with E-state index in [2.05, 4.69) is 15.0 Å². The van der Waals surface area contributed by atoms with Crippen molar-refractivity contribution in [2.24, 2.45) is 0 Å². The molecule has 0 fully saturated rings. The molecule has 0 radical (unpaired) electrons. The van der Waals surface area contributed by atoms with Crippen LogP contribution in [0.25, 0.3) is 11.4 Å². The van der Waals surface area contributed by atoms with E-state index in [1.165, 1.54) is 6.26 Å². The Balaban J connectivity index is 2.56. The van der Waals surface area contributed by atoms with E-state index in [-0.39, 0.29) is 5.95 Å². The van der Waals surface area contributed by atoms with Crippen molar-refractivity contribution in [2.45, 2.75) is 6.92 Å². The molecular weight excluding hydrogens is 184 g/mol. The van der Waals surface area contributed by atoms with E-state index in [4.69, 9.17) is 10.2 Å². The van der Waals surface area contributed by atoms with Crippen LogP contribution in [-0.2, 0) is 0 Å². The summed E-state index contributed by atoms with van der Waals surface area (Å²) in [6, 6.07) is 1.75. The molecule has 72 valence electrons. The lowest BCUT2D eigenvalue weighted by Crippen LogP contribution is -2.15. The SMILES string of the molecule is Cc1cc(-c2nc(N)nc(=O)[nH]2)co1. The normalized spacial score (nSPS) is 10.4. The van der Waals surface area contributed by atoms with E-state index in [0.717, 1.165) is 5.76 Å². The molecule has 0 unspecified atom stereocenters. The summed E-state index contributed by atoms with van der Waals surface area (Å²) < 4.78 is 5.08. The Bertz CT molecular complexity index is 514. The number of nitrogen functional groups attached to an aromatic ring is 1. The second-order valence-electron chi connectivity index (χ2n) is 2.81. The van der Waals surface area contributed by atoms with Crippen LogP contribution in [0.2, 0.25) is 0 Å². The van der Waals surface area contributed by atoms with Gasteiger partial charge in [-0.2, -0.15) is 9.97 Å². The molecule has 3 N–H and O–H groups in total. The van der Waals surface area contributed by atoms with Crippen molar-refractivity contribution in [3.05, 3.63) is 28.6 Å². The van der Waals surface area contributed by atoms with E-state index >= 15 is 0 Å². The van der Waals surface area contributed by atoms with Crippen LogP contribution in [0.3, 0.4) is 0 Å². The molecule has 2 rings (SSSR count). The van der Waals surface area contributed by atoms with Gasteiger partial charge in [0, 0.05) is 0 Å².